The highest BCUT2D eigenvalue weighted by atomic mass is 14.9. The van der Waals surface area contributed by atoms with Crippen LogP contribution in [0.3, 0.4) is 0 Å². The van der Waals surface area contributed by atoms with Crippen molar-refractivity contribution in [1.29, 1.82) is 0 Å². The molecule has 0 N–H and O–H groups in total. The Labute approximate surface area is 269 Å². The highest BCUT2D eigenvalue weighted by Crippen LogP contribution is 2.48. The molecule has 6 aromatic rings. The third kappa shape index (κ3) is 4.78. The van der Waals surface area contributed by atoms with Gasteiger partial charge in [-0.15, -0.1) is 0 Å². The van der Waals surface area contributed by atoms with Crippen molar-refractivity contribution in [3.05, 3.63) is 95.1 Å². The molecule has 232 valence electrons. The van der Waals surface area contributed by atoms with Crippen LogP contribution in [0.15, 0.2) is 78.4 Å². The van der Waals surface area contributed by atoms with E-state index in [1.165, 1.54) is 71.5 Å². The zero-order valence-electron chi connectivity index (χ0n) is 28.9. The molecule has 7 rings (SSSR count). The Kier molecular flexibility index (Phi) is 8.33. The first-order valence-corrected chi connectivity index (χ1v) is 17.2. The SMILES string of the molecule is CC.CC(C)C1=CCCC(C(C)C)=C1c1cncc2c1c1cccc3c4c(-c5c(C(C)C)cccc5C(C)C)cncc4n2c13. The van der Waals surface area contributed by atoms with Gasteiger partial charge in [0.2, 0.25) is 0 Å². The molecule has 0 unspecified atom stereocenters. The van der Waals surface area contributed by atoms with Crippen molar-refractivity contribution in [3.8, 4) is 11.1 Å². The Morgan fingerprint density at radius 3 is 1.69 bits per heavy atom. The van der Waals surface area contributed by atoms with Crippen LogP contribution in [0.25, 0.3) is 54.8 Å². The first kappa shape index (κ1) is 31.0. The van der Waals surface area contributed by atoms with Crippen LogP contribution in [0, 0.1) is 11.8 Å². The van der Waals surface area contributed by atoms with Crippen LogP contribution in [0.5, 0.6) is 0 Å². The molecule has 3 heteroatoms. The minimum absolute atomic E-state index is 0.412. The smallest absolute Gasteiger partial charge is 0.0731 e. The van der Waals surface area contributed by atoms with Gasteiger partial charge in [-0.05, 0) is 64.3 Å². The van der Waals surface area contributed by atoms with Crippen LogP contribution in [0.2, 0.25) is 0 Å². The lowest BCUT2D eigenvalue weighted by atomic mass is 9.77. The van der Waals surface area contributed by atoms with Crippen molar-refractivity contribution in [3.63, 3.8) is 0 Å². The summed E-state index contributed by atoms with van der Waals surface area (Å²) >= 11 is 0. The molecule has 0 spiro atoms. The van der Waals surface area contributed by atoms with Crippen molar-refractivity contribution in [2.45, 2.75) is 93.9 Å². The summed E-state index contributed by atoms with van der Waals surface area (Å²) in [6.07, 6.45) is 13.1. The van der Waals surface area contributed by atoms with Crippen molar-refractivity contribution in [2.24, 2.45) is 11.8 Å². The second-order valence-electron chi connectivity index (χ2n) is 13.7. The Bertz CT molecular complexity index is 2050. The normalized spacial score (nSPS) is 14.2. The molecule has 4 aromatic heterocycles. The molecule has 0 radical (unpaired) electrons. The summed E-state index contributed by atoms with van der Waals surface area (Å²) in [5, 5.41) is 5.20. The third-order valence-electron chi connectivity index (χ3n) is 9.75. The summed E-state index contributed by atoms with van der Waals surface area (Å²) in [5.41, 5.74) is 14.7. The van der Waals surface area contributed by atoms with E-state index in [0.717, 1.165) is 18.4 Å². The number of pyridine rings is 2. The van der Waals surface area contributed by atoms with Gasteiger partial charge < -0.3 is 4.40 Å². The van der Waals surface area contributed by atoms with Gasteiger partial charge in [-0.1, -0.05) is 117 Å². The minimum atomic E-state index is 0.412. The fourth-order valence-electron chi connectivity index (χ4n) is 7.83. The Hall–Kier alpha value is -3.98. The molecule has 1 aliphatic carbocycles. The third-order valence-corrected chi connectivity index (χ3v) is 9.75. The van der Waals surface area contributed by atoms with E-state index in [0.29, 0.717) is 23.7 Å². The average molecular weight is 596 g/mol. The molecule has 4 heterocycles. The number of fused-ring (bicyclic) bond motifs is 6. The van der Waals surface area contributed by atoms with Crippen LogP contribution in [-0.4, -0.2) is 14.4 Å². The predicted octanol–water partition coefficient (Wildman–Crippen LogP) is 12.4. The number of para-hydroxylation sites is 1. The first-order chi connectivity index (χ1) is 21.7. The number of hydrogen-bond donors (Lipinski definition) is 0. The van der Waals surface area contributed by atoms with E-state index in [-0.39, 0.29) is 0 Å². The predicted molar refractivity (Wildman–Crippen MR) is 196 cm³/mol. The number of allylic oxidation sites excluding steroid dienone is 4. The number of aromatic nitrogens is 3. The van der Waals surface area contributed by atoms with Crippen LogP contribution < -0.4 is 0 Å². The number of hydrogen-bond acceptors (Lipinski definition) is 2. The highest BCUT2D eigenvalue weighted by molar-refractivity contribution is 6.27. The van der Waals surface area contributed by atoms with Gasteiger partial charge in [-0.3, -0.25) is 9.97 Å². The summed E-state index contributed by atoms with van der Waals surface area (Å²) in [6, 6.07) is 13.7. The zero-order chi connectivity index (χ0) is 32.2. The van der Waals surface area contributed by atoms with E-state index in [9.17, 15) is 0 Å². The lowest BCUT2D eigenvalue weighted by molar-refractivity contribution is 0.693. The van der Waals surface area contributed by atoms with Gasteiger partial charge in [0.15, 0.2) is 0 Å². The van der Waals surface area contributed by atoms with Crippen LogP contribution in [0.1, 0.15) is 111 Å². The molecular formula is C42H49N3. The van der Waals surface area contributed by atoms with Gasteiger partial charge in [0.05, 0.1) is 28.9 Å². The maximum Gasteiger partial charge on any atom is 0.0731 e. The molecule has 0 fully saturated rings. The van der Waals surface area contributed by atoms with Gasteiger partial charge in [0, 0.05) is 45.1 Å². The first-order valence-electron chi connectivity index (χ1n) is 17.2. The van der Waals surface area contributed by atoms with E-state index in [2.05, 4.69) is 127 Å². The molecular weight excluding hydrogens is 546 g/mol. The second-order valence-corrected chi connectivity index (χ2v) is 13.7. The van der Waals surface area contributed by atoms with Crippen molar-refractivity contribution in [2.75, 3.05) is 0 Å². The quantitative estimate of drug-likeness (QED) is 0.192. The molecule has 0 saturated heterocycles. The van der Waals surface area contributed by atoms with Crippen LogP contribution in [0.4, 0.5) is 0 Å². The summed E-state index contributed by atoms with van der Waals surface area (Å²) in [5.74, 6) is 1.78. The number of benzene rings is 2. The molecule has 1 aliphatic rings. The maximum absolute atomic E-state index is 4.93. The fraction of sp³-hybridized carbons (Fsp3) is 0.381. The van der Waals surface area contributed by atoms with Gasteiger partial charge in [-0.25, -0.2) is 0 Å². The van der Waals surface area contributed by atoms with E-state index in [4.69, 9.17) is 9.97 Å². The van der Waals surface area contributed by atoms with Crippen LogP contribution >= 0.6 is 0 Å². The summed E-state index contributed by atoms with van der Waals surface area (Å²) in [4.78, 5) is 9.84. The second kappa shape index (κ2) is 12.1. The number of nitrogens with zero attached hydrogens (tertiary/aromatic N) is 3. The van der Waals surface area contributed by atoms with Gasteiger partial charge in [0.1, 0.15) is 0 Å². The standard InChI is InChI=1S/C40H43N3.C2H6/c1-22(2)26-12-9-13-27(23(3)4)36(26)32-18-41-20-34-38(32)30-16-11-17-31-39-33(19-42-21-35(39)43(34)40(30)31)37-28(24(5)6)14-10-15-29(37)25(7)8;1-2/h9,11-14,16-25H,10,15H2,1-8H3;1-2H3. The van der Waals surface area contributed by atoms with Crippen molar-refractivity contribution >= 4 is 43.7 Å². The van der Waals surface area contributed by atoms with E-state index in [1.807, 2.05) is 13.8 Å². The largest absolute Gasteiger partial charge is 0.305 e. The molecule has 3 nitrogen and oxygen atoms in total. The van der Waals surface area contributed by atoms with E-state index in [1.54, 1.807) is 5.57 Å². The molecule has 0 amide bonds. The molecule has 0 atom stereocenters. The van der Waals surface area contributed by atoms with Gasteiger partial charge in [0.25, 0.3) is 0 Å². The Balaban J connectivity index is 0.00000175. The molecule has 2 aromatic carbocycles. The Morgan fingerprint density at radius 1 is 0.622 bits per heavy atom. The Morgan fingerprint density at radius 2 is 1.16 bits per heavy atom. The fourth-order valence-corrected chi connectivity index (χ4v) is 7.83. The van der Waals surface area contributed by atoms with Gasteiger partial charge >= 0.3 is 0 Å². The van der Waals surface area contributed by atoms with Gasteiger partial charge in [-0.2, -0.15) is 0 Å². The van der Waals surface area contributed by atoms with E-state index >= 15 is 0 Å². The lowest BCUT2D eigenvalue weighted by Crippen LogP contribution is -2.10. The summed E-state index contributed by atoms with van der Waals surface area (Å²) in [6.45, 7) is 22.6. The molecule has 0 aliphatic heterocycles. The topological polar surface area (TPSA) is 30.2 Å². The number of rotatable bonds is 6. The molecule has 45 heavy (non-hydrogen) atoms. The minimum Gasteiger partial charge on any atom is -0.305 e. The summed E-state index contributed by atoms with van der Waals surface area (Å²) in [7, 11) is 0. The maximum atomic E-state index is 4.93. The summed E-state index contributed by atoms with van der Waals surface area (Å²) < 4.78 is 2.45. The highest BCUT2D eigenvalue weighted by Gasteiger charge is 2.28. The molecule has 0 bridgehead atoms. The average Bonchev–Trinajstić information content (AvgIpc) is 3.57. The molecule has 0 saturated carbocycles. The zero-order valence-corrected chi connectivity index (χ0v) is 28.9. The van der Waals surface area contributed by atoms with E-state index < -0.39 is 0 Å². The lowest BCUT2D eigenvalue weighted by Gasteiger charge is -2.27. The van der Waals surface area contributed by atoms with Crippen molar-refractivity contribution < 1.29 is 0 Å². The van der Waals surface area contributed by atoms with Crippen LogP contribution in [-0.2, 0) is 0 Å². The monoisotopic (exact) mass is 595 g/mol. The van der Waals surface area contributed by atoms with Crippen molar-refractivity contribution in [1.82, 2.24) is 14.4 Å².